The van der Waals surface area contributed by atoms with E-state index in [4.69, 9.17) is 0 Å². The lowest BCUT2D eigenvalue weighted by molar-refractivity contribution is -0.129. The van der Waals surface area contributed by atoms with Crippen molar-refractivity contribution in [2.45, 2.75) is 51.4 Å². The highest BCUT2D eigenvalue weighted by Gasteiger charge is 2.55. The predicted octanol–water partition coefficient (Wildman–Crippen LogP) is 3.08. The van der Waals surface area contributed by atoms with Gasteiger partial charge in [-0.3, -0.25) is 9.48 Å². The summed E-state index contributed by atoms with van der Waals surface area (Å²) in [5, 5.41) is 17.5. The minimum absolute atomic E-state index is 0.0704. The monoisotopic (exact) mass is 557 g/mol. The van der Waals surface area contributed by atoms with Gasteiger partial charge in [0.15, 0.2) is 11.6 Å². The second-order valence-corrected chi connectivity index (χ2v) is 10.0. The van der Waals surface area contributed by atoms with Crippen LogP contribution in [0.2, 0.25) is 0 Å². The fourth-order valence-corrected chi connectivity index (χ4v) is 5.46. The Balaban J connectivity index is 1.38. The van der Waals surface area contributed by atoms with Crippen LogP contribution in [0, 0.1) is 20.6 Å². The third kappa shape index (κ3) is 3.28. The largest absolute Gasteiger partial charge is 0.383 e. The van der Waals surface area contributed by atoms with E-state index in [1.807, 2.05) is 6.92 Å². The molecule has 5 rings (SSSR count). The summed E-state index contributed by atoms with van der Waals surface area (Å²) >= 11 is 1.67. The minimum Gasteiger partial charge on any atom is -0.383 e. The second-order valence-electron chi connectivity index (χ2n) is 8.86. The van der Waals surface area contributed by atoms with Gasteiger partial charge in [0.2, 0.25) is 0 Å². The number of hydrogen-bond donors (Lipinski definition) is 2. The lowest BCUT2D eigenvalue weighted by Crippen LogP contribution is -2.47. The molecule has 2 N–H and O–H groups in total. The van der Waals surface area contributed by atoms with Gasteiger partial charge in [0, 0.05) is 23.7 Å². The maximum absolute atomic E-state index is 13.7. The van der Waals surface area contributed by atoms with Crippen LogP contribution in [0.1, 0.15) is 31.9 Å². The number of urea groups is 1. The quantitative estimate of drug-likeness (QED) is 0.439. The van der Waals surface area contributed by atoms with Gasteiger partial charge in [-0.25, -0.2) is 13.6 Å². The van der Waals surface area contributed by atoms with Gasteiger partial charge in [0.25, 0.3) is 5.91 Å². The summed E-state index contributed by atoms with van der Waals surface area (Å²) < 4.78 is 29.2. The number of aliphatic hydroxyl groups excluding tert-OH is 1. The topological polar surface area (TPSA) is 90.7 Å². The molecule has 1 saturated carbocycles. The first-order valence-electron chi connectivity index (χ1n) is 10.5. The summed E-state index contributed by atoms with van der Waals surface area (Å²) in [6, 6.07) is 1.64. The molecule has 1 unspecified atom stereocenters. The molecule has 0 bridgehead atoms. The van der Waals surface area contributed by atoms with Gasteiger partial charge in [-0.05, 0) is 48.4 Å². The number of amides is 3. The molecule has 2 fully saturated rings. The Labute approximate surface area is 196 Å². The summed E-state index contributed by atoms with van der Waals surface area (Å²) in [7, 11) is 0. The van der Waals surface area contributed by atoms with Crippen LogP contribution >= 0.6 is 22.6 Å². The third-order valence-electron chi connectivity index (χ3n) is 6.91. The molecule has 8 nitrogen and oxygen atoms in total. The Hall–Kier alpha value is -2.28. The van der Waals surface area contributed by atoms with Crippen molar-refractivity contribution in [1.29, 1.82) is 0 Å². The fraction of sp³-hybridized carbons (Fsp3) is 0.476. The summed E-state index contributed by atoms with van der Waals surface area (Å²) in [6.45, 7) is 2.93. The zero-order valence-electron chi connectivity index (χ0n) is 17.3. The normalized spacial score (nSPS) is 24.0. The Kier molecular flexibility index (Phi) is 5.15. The molecule has 3 heterocycles. The summed E-state index contributed by atoms with van der Waals surface area (Å²) in [6.07, 6.45) is 3.24. The van der Waals surface area contributed by atoms with Crippen molar-refractivity contribution in [2.24, 2.45) is 5.41 Å². The van der Waals surface area contributed by atoms with Crippen LogP contribution < -0.4 is 10.2 Å². The number of carbonyl (C=O) groups excluding carboxylic acids is 2. The van der Waals surface area contributed by atoms with E-state index in [2.05, 4.69) is 10.4 Å². The maximum Gasteiger partial charge on any atom is 0.322 e. The van der Waals surface area contributed by atoms with Crippen LogP contribution in [-0.2, 0) is 17.9 Å². The molecule has 3 amide bonds. The molecule has 32 heavy (non-hydrogen) atoms. The Bertz CT molecular complexity index is 1100. The highest BCUT2D eigenvalue weighted by atomic mass is 127. The van der Waals surface area contributed by atoms with E-state index in [1.54, 1.807) is 43.3 Å². The summed E-state index contributed by atoms with van der Waals surface area (Å²) in [5.41, 5.74) is 1.09. The number of aliphatic hydroxyl groups is 1. The molecular formula is C21H22F2IN5O3. The molecule has 11 heteroatoms. The van der Waals surface area contributed by atoms with Gasteiger partial charge in [-0.15, -0.1) is 0 Å². The van der Waals surface area contributed by atoms with Crippen LogP contribution in [0.5, 0.6) is 0 Å². The number of nitrogens with zero attached hydrogens (tertiary/aromatic N) is 4. The van der Waals surface area contributed by atoms with Gasteiger partial charge in [-0.2, -0.15) is 5.10 Å². The van der Waals surface area contributed by atoms with Crippen molar-refractivity contribution in [1.82, 2.24) is 14.7 Å². The Morgan fingerprint density at radius 2 is 2.09 bits per heavy atom. The van der Waals surface area contributed by atoms with Crippen LogP contribution in [0.15, 0.2) is 18.3 Å². The van der Waals surface area contributed by atoms with E-state index in [9.17, 15) is 23.5 Å². The van der Waals surface area contributed by atoms with Crippen LogP contribution in [0.4, 0.5) is 25.0 Å². The summed E-state index contributed by atoms with van der Waals surface area (Å²) in [4.78, 5) is 28.9. The number of aromatic nitrogens is 2. The van der Waals surface area contributed by atoms with Gasteiger partial charge in [0.05, 0.1) is 40.3 Å². The van der Waals surface area contributed by atoms with Gasteiger partial charge in [0.1, 0.15) is 6.10 Å². The van der Waals surface area contributed by atoms with Crippen molar-refractivity contribution in [3.63, 3.8) is 0 Å². The average Bonchev–Trinajstić information content (AvgIpc) is 3.23. The fourth-order valence-electron chi connectivity index (χ4n) is 4.86. The Morgan fingerprint density at radius 3 is 2.72 bits per heavy atom. The minimum atomic E-state index is -1.03. The molecule has 1 aromatic carbocycles. The van der Waals surface area contributed by atoms with E-state index in [-0.39, 0.29) is 33.2 Å². The van der Waals surface area contributed by atoms with Gasteiger partial charge in [-0.1, -0.05) is 6.42 Å². The highest BCUT2D eigenvalue weighted by molar-refractivity contribution is 14.1. The number of anilines is 2. The van der Waals surface area contributed by atoms with E-state index < -0.39 is 23.8 Å². The van der Waals surface area contributed by atoms with Crippen molar-refractivity contribution in [3.8, 4) is 0 Å². The first kappa shape index (κ1) is 21.6. The van der Waals surface area contributed by atoms with Gasteiger partial charge >= 0.3 is 6.03 Å². The van der Waals surface area contributed by atoms with E-state index in [0.717, 1.165) is 25.3 Å². The Morgan fingerprint density at radius 1 is 1.34 bits per heavy atom. The molecular weight excluding hydrogens is 535 g/mol. The zero-order valence-corrected chi connectivity index (χ0v) is 19.5. The van der Waals surface area contributed by atoms with Crippen LogP contribution in [0.3, 0.4) is 0 Å². The van der Waals surface area contributed by atoms with Crippen molar-refractivity contribution >= 4 is 45.9 Å². The smallest absolute Gasteiger partial charge is 0.322 e. The third-order valence-corrected chi connectivity index (χ3v) is 7.69. The molecule has 2 aromatic rings. The van der Waals surface area contributed by atoms with E-state index in [0.29, 0.717) is 24.5 Å². The first-order chi connectivity index (χ1) is 15.2. The maximum atomic E-state index is 13.7. The molecule has 2 atom stereocenters. The SMILES string of the molecule is C[C@H]1Cn2ncc(N3CC4(CCC4)C(O)C3=O)c2CN1C(=O)Nc1cc(F)c(F)c(I)c1. The van der Waals surface area contributed by atoms with Crippen LogP contribution in [0.25, 0.3) is 0 Å². The average molecular weight is 557 g/mol. The molecule has 1 spiro atoms. The number of fused-ring (bicyclic) bond motifs is 1. The standard InChI is InChI=1S/C21H22F2IN5O3/c1-11-8-29-16(9-27(11)20(32)26-12-5-13(22)17(23)14(24)6-12)15(7-25-29)28-10-21(3-2-4-21)18(30)19(28)31/h5-7,11,18,30H,2-4,8-10H2,1H3,(H,26,32)/t11-,18?/m0/s1. The van der Waals surface area contributed by atoms with E-state index in [1.165, 1.54) is 6.07 Å². The predicted molar refractivity (Wildman–Crippen MR) is 120 cm³/mol. The molecule has 3 aliphatic rings. The lowest BCUT2D eigenvalue weighted by Gasteiger charge is -2.39. The number of nitrogens with one attached hydrogen (secondary N) is 1. The van der Waals surface area contributed by atoms with E-state index >= 15 is 0 Å². The molecule has 1 aromatic heterocycles. The number of carbonyl (C=O) groups is 2. The molecule has 2 aliphatic heterocycles. The van der Waals surface area contributed by atoms with Crippen molar-refractivity contribution < 1.29 is 23.5 Å². The second kappa shape index (κ2) is 7.65. The highest BCUT2D eigenvalue weighted by Crippen LogP contribution is 2.50. The van der Waals surface area contributed by atoms with Crippen LogP contribution in [-0.4, -0.2) is 50.4 Å². The number of rotatable bonds is 2. The molecule has 170 valence electrons. The van der Waals surface area contributed by atoms with Crippen molar-refractivity contribution in [3.05, 3.63) is 39.2 Å². The molecule has 1 saturated heterocycles. The molecule has 1 aliphatic carbocycles. The van der Waals surface area contributed by atoms with Gasteiger partial charge < -0.3 is 20.2 Å². The summed E-state index contributed by atoms with van der Waals surface area (Å²) in [5.74, 6) is -2.31. The molecule has 0 radical (unpaired) electrons. The number of hydrogen-bond acceptors (Lipinski definition) is 4. The lowest BCUT2D eigenvalue weighted by atomic mass is 9.67. The first-order valence-corrected chi connectivity index (χ1v) is 11.5. The zero-order chi connectivity index (χ0) is 22.8. The van der Waals surface area contributed by atoms with Crippen molar-refractivity contribution in [2.75, 3.05) is 16.8 Å². The number of halogens is 3. The number of benzene rings is 1.